The molecule has 21 heavy (non-hydrogen) atoms. The molecule has 0 fully saturated rings. The molecule has 0 unspecified atom stereocenters. The van der Waals surface area contributed by atoms with E-state index in [9.17, 15) is 13.0 Å². The zero-order chi connectivity index (χ0) is 15.5. The molecule has 0 spiro atoms. The lowest BCUT2D eigenvalue weighted by Crippen LogP contribution is -2.37. The highest BCUT2D eigenvalue weighted by Crippen LogP contribution is 2.28. The van der Waals surface area contributed by atoms with E-state index < -0.39 is 10.1 Å². The Hall–Kier alpha value is -1.72. The predicted octanol–water partition coefficient (Wildman–Crippen LogP) is 2.65. The van der Waals surface area contributed by atoms with Crippen LogP contribution in [0.25, 0.3) is 11.1 Å². The van der Waals surface area contributed by atoms with Crippen molar-refractivity contribution < 1.29 is 17.5 Å². The molecule has 0 saturated carbocycles. The van der Waals surface area contributed by atoms with E-state index >= 15 is 0 Å². The molecule has 0 aliphatic heterocycles. The van der Waals surface area contributed by atoms with Gasteiger partial charge in [-0.2, -0.15) is 0 Å². The predicted molar refractivity (Wildman–Crippen MR) is 79.7 cm³/mol. The Bertz CT molecular complexity index is 739. The number of aryl methyl sites for hydroxylation is 1. The molecule has 2 rings (SSSR count). The lowest BCUT2D eigenvalue weighted by atomic mass is 10.0. The second-order valence-electron chi connectivity index (χ2n) is 5.00. The average Bonchev–Trinajstić information content (AvgIpc) is 2.45. The number of hydrogen-bond acceptors (Lipinski definition) is 3. The number of benzene rings is 1. The summed E-state index contributed by atoms with van der Waals surface area (Å²) < 4.78 is 36.4. The van der Waals surface area contributed by atoms with E-state index in [1.807, 2.05) is 25.3 Å². The Balaban J connectivity index is 2.58. The van der Waals surface area contributed by atoms with Gasteiger partial charge in [0, 0.05) is 30.5 Å². The number of aromatic nitrogens is 1. The van der Waals surface area contributed by atoms with Crippen molar-refractivity contribution >= 4 is 10.1 Å². The van der Waals surface area contributed by atoms with Gasteiger partial charge in [-0.25, -0.2) is 13.0 Å². The SMILES string of the molecule is CCCC[n+]1cccc(-c2ccccc2S(=O)(=O)[O-])c1C. The minimum absolute atomic E-state index is 0.165. The van der Waals surface area contributed by atoms with Crippen LogP contribution in [0.4, 0.5) is 0 Å². The summed E-state index contributed by atoms with van der Waals surface area (Å²) in [6.45, 7) is 4.95. The molecule has 1 aromatic carbocycles. The summed E-state index contributed by atoms with van der Waals surface area (Å²) in [6, 6.07) is 10.1. The van der Waals surface area contributed by atoms with Gasteiger partial charge in [-0.1, -0.05) is 31.5 Å². The highest BCUT2D eigenvalue weighted by molar-refractivity contribution is 7.85. The lowest BCUT2D eigenvalue weighted by Gasteiger charge is -2.13. The standard InChI is InChI=1S/C16H19NO3S/c1-3-4-11-17-12-7-9-14(13(17)2)15-8-5-6-10-16(15)21(18,19)20/h5-10,12H,3-4,11H2,1-2H3. The van der Waals surface area contributed by atoms with Crippen LogP contribution in [-0.4, -0.2) is 13.0 Å². The first-order chi connectivity index (χ1) is 9.95. The van der Waals surface area contributed by atoms with Crippen LogP contribution < -0.4 is 4.57 Å². The molecule has 0 atom stereocenters. The van der Waals surface area contributed by atoms with Crippen molar-refractivity contribution in [1.29, 1.82) is 0 Å². The molecule has 0 N–H and O–H groups in total. The molecule has 0 aliphatic carbocycles. The van der Waals surface area contributed by atoms with Gasteiger partial charge >= 0.3 is 0 Å². The lowest BCUT2D eigenvalue weighted by molar-refractivity contribution is -0.702. The number of nitrogens with zero attached hydrogens (tertiary/aromatic N) is 1. The Morgan fingerprint density at radius 2 is 1.76 bits per heavy atom. The van der Waals surface area contributed by atoms with Crippen molar-refractivity contribution in [3.63, 3.8) is 0 Å². The van der Waals surface area contributed by atoms with E-state index in [2.05, 4.69) is 11.5 Å². The summed E-state index contributed by atoms with van der Waals surface area (Å²) in [5, 5.41) is 0. The molecule has 0 radical (unpaired) electrons. The van der Waals surface area contributed by atoms with Gasteiger partial charge in [0.2, 0.25) is 0 Å². The van der Waals surface area contributed by atoms with Gasteiger partial charge in [0.15, 0.2) is 11.9 Å². The molecule has 4 nitrogen and oxygen atoms in total. The van der Waals surface area contributed by atoms with Crippen LogP contribution in [0.15, 0.2) is 47.5 Å². The molecule has 112 valence electrons. The van der Waals surface area contributed by atoms with Gasteiger partial charge in [-0.15, -0.1) is 0 Å². The maximum absolute atomic E-state index is 11.4. The zero-order valence-electron chi connectivity index (χ0n) is 12.2. The first-order valence-corrected chi connectivity index (χ1v) is 8.40. The van der Waals surface area contributed by atoms with Crippen LogP contribution in [0.3, 0.4) is 0 Å². The van der Waals surface area contributed by atoms with Crippen LogP contribution in [0.5, 0.6) is 0 Å². The van der Waals surface area contributed by atoms with Crippen molar-refractivity contribution in [2.75, 3.05) is 0 Å². The maximum atomic E-state index is 11.4. The Morgan fingerprint density at radius 1 is 1.10 bits per heavy atom. The molecule has 1 aromatic heterocycles. The maximum Gasteiger partial charge on any atom is 0.186 e. The van der Waals surface area contributed by atoms with E-state index in [-0.39, 0.29) is 4.90 Å². The van der Waals surface area contributed by atoms with Gasteiger partial charge in [-0.3, -0.25) is 0 Å². The number of unbranched alkanes of at least 4 members (excludes halogenated alkanes) is 1. The van der Waals surface area contributed by atoms with Crippen LogP contribution in [0, 0.1) is 6.92 Å². The fraction of sp³-hybridized carbons (Fsp3) is 0.312. The molecule has 1 heterocycles. The smallest absolute Gasteiger partial charge is 0.186 e. The third-order valence-electron chi connectivity index (χ3n) is 3.55. The topological polar surface area (TPSA) is 61.1 Å². The van der Waals surface area contributed by atoms with E-state index in [1.165, 1.54) is 6.07 Å². The second kappa shape index (κ2) is 6.37. The van der Waals surface area contributed by atoms with Gasteiger partial charge in [-0.05, 0) is 12.1 Å². The number of rotatable bonds is 5. The minimum Gasteiger partial charge on any atom is -0.744 e. The molecule has 0 bridgehead atoms. The second-order valence-corrected chi connectivity index (χ2v) is 6.35. The molecule has 5 heteroatoms. The summed E-state index contributed by atoms with van der Waals surface area (Å²) in [5.41, 5.74) is 2.21. The highest BCUT2D eigenvalue weighted by Gasteiger charge is 2.17. The highest BCUT2D eigenvalue weighted by atomic mass is 32.2. The quantitative estimate of drug-likeness (QED) is 0.630. The van der Waals surface area contributed by atoms with Crippen LogP contribution >= 0.6 is 0 Å². The van der Waals surface area contributed by atoms with Crippen molar-refractivity contribution in [2.24, 2.45) is 0 Å². The Morgan fingerprint density at radius 3 is 2.43 bits per heavy atom. The largest absolute Gasteiger partial charge is 0.744 e. The summed E-state index contributed by atoms with van der Waals surface area (Å²) in [4.78, 5) is -0.165. The summed E-state index contributed by atoms with van der Waals surface area (Å²) >= 11 is 0. The van der Waals surface area contributed by atoms with Crippen LogP contribution in [0.1, 0.15) is 25.5 Å². The van der Waals surface area contributed by atoms with Crippen LogP contribution in [-0.2, 0) is 16.7 Å². The minimum atomic E-state index is -4.49. The van der Waals surface area contributed by atoms with E-state index in [0.717, 1.165) is 30.6 Å². The molecule has 2 aromatic rings. The summed E-state index contributed by atoms with van der Waals surface area (Å²) in [6.07, 6.45) is 4.11. The third kappa shape index (κ3) is 3.49. The molecule has 0 aliphatic rings. The number of hydrogen-bond donors (Lipinski definition) is 0. The van der Waals surface area contributed by atoms with Gasteiger partial charge in [0.25, 0.3) is 0 Å². The summed E-state index contributed by atoms with van der Waals surface area (Å²) in [5.74, 6) is 0. The Labute approximate surface area is 125 Å². The van der Waals surface area contributed by atoms with Crippen molar-refractivity contribution in [1.82, 2.24) is 0 Å². The fourth-order valence-corrected chi connectivity index (χ4v) is 3.09. The monoisotopic (exact) mass is 305 g/mol. The normalized spacial score (nSPS) is 11.6. The number of pyridine rings is 1. The first kappa shape index (κ1) is 15.7. The van der Waals surface area contributed by atoms with Gasteiger partial charge < -0.3 is 4.55 Å². The van der Waals surface area contributed by atoms with Crippen molar-refractivity contribution in [3.8, 4) is 11.1 Å². The zero-order valence-corrected chi connectivity index (χ0v) is 13.1. The molecular weight excluding hydrogens is 286 g/mol. The summed E-state index contributed by atoms with van der Waals surface area (Å²) in [7, 11) is -4.49. The molecule has 0 saturated heterocycles. The van der Waals surface area contributed by atoms with E-state index in [0.29, 0.717) is 5.56 Å². The van der Waals surface area contributed by atoms with E-state index in [4.69, 9.17) is 0 Å². The van der Waals surface area contributed by atoms with Gasteiger partial charge in [0.05, 0.1) is 4.90 Å². The van der Waals surface area contributed by atoms with E-state index in [1.54, 1.807) is 18.2 Å². The fourth-order valence-electron chi connectivity index (χ4n) is 2.39. The average molecular weight is 305 g/mol. The molecular formula is C16H19NO3S. The van der Waals surface area contributed by atoms with Crippen LogP contribution in [0.2, 0.25) is 0 Å². The van der Waals surface area contributed by atoms with Crippen molar-refractivity contribution in [3.05, 3.63) is 48.3 Å². The third-order valence-corrected chi connectivity index (χ3v) is 4.44. The Kier molecular flexibility index (Phi) is 4.75. The van der Waals surface area contributed by atoms with Gasteiger partial charge in [0.1, 0.15) is 16.7 Å². The van der Waals surface area contributed by atoms with Crippen molar-refractivity contribution in [2.45, 2.75) is 38.1 Å². The first-order valence-electron chi connectivity index (χ1n) is 6.99. The molecule has 0 amide bonds.